The summed E-state index contributed by atoms with van der Waals surface area (Å²) >= 11 is 3.48. The predicted octanol–water partition coefficient (Wildman–Crippen LogP) is 2.86. The van der Waals surface area contributed by atoms with Crippen molar-refractivity contribution < 1.29 is 9.90 Å². The summed E-state index contributed by atoms with van der Waals surface area (Å²) in [6, 6.07) is 7.48. The lowest BCUT2D eigenvalue weighted by atomic mass is 10.1. The summed E-state index contributed by atoms with van der Waals surface area (Å²) in [6.45, 7) is 2.00. The van der Waals surface area contributed by atoms with Crippen molar-refractivity contribution >= 4 is 21.9 Å². The molecular weight excluding hydrogens is 284 g/mol. The zero-order valence-electron chi connectivity index (χ0n) is 9.44. The molecule has 1 aromatic carbocycles. The Hall–Kier alpha value is -1.62. The summed E-state index contributed by atoms with van der Waals surface area (Å²) < 4.78 is 2.50. The van der Waals surface area contributed by atoms with Gasteiger partial charge in [-0.1, -0.05) is 28.1 Å². The first-order valence-corrected chi connectivity index (χ1v) is 5.82. The molecule has 0 fully saturated rings. The zero-order valence-corrected chi connectivity index (χ0v) is 11.0. The molecular formula is C12H11BrN2O2. The first-order chi connectivity index (χ1) is 7.99. The molecule has 2 aromatic rings. The summed E-state index contributed by atoms with van der Waals surface area (Å²) in [6.07, 6.45) is 0. The van der Waals surface area contributed by atoms with Gasteiger partial charge in [-0.3, -0.25) is 4.68 Å². The Morgan fingerprint density at radius 3 is 2.65 bits per heavy atom. The molecule has 0 amide bonds. The van der Waals surface area contributed by atoms with Crippen LogP contribution in [0.5, 0.6) is 0 Å². The maximum Gasteiger partial charge on any atom is 0.356 e. The Kier molecular flexibility index (Phi) is 3.02. The second kappa shape index (κ2) is 4.33. The monoisotopic (exact) mass is 294 g/mol. The first kappa shape index (κ1) is 11.9. The average Bonchev–Trinajstić information content (AvgIpc) is 2.61. The van der Waals surface area contributed by atoms with Crippen LogP contribution in [0.25, 0.3) is 11.3 Å². The van der Waals surface area contributed by atoms with E-state index in [-0.39, 0.29) is 5.69 Å². The van der Waals surface area contributed by atoms with Crippen molar-refractivity contribution in [3.63, 3.8) is 0 Å². The quantitative estimate of drug-likeness (QED) is 0.927. The molecule has 1 heterocycles. The SMILES string of the molecule is Cc1ccc(-c2cc(C(=O)O)nn2C)c(Br)c1. The number of carboxylic acid groups (broad SMARTS) is 1. The fourth-order valence-corrected chi connectivity index (χ4v) is 2.35. The molecule has 0 aliphatic carbocycles. The van der Waals surface area contributed by atoms with Crippen LogP contribution >= 0.6 is 15.9 Å². The Morgan fingerprint density at radius 1 is 1.41 bits per heavy atom. The van der Waals surface area contributed by atoms with E-state index in [0.717, 1.165) is 21.3 Å². The highest BCUT2D eigenvalue weighted by molar-refractivity contribution is 9.10. The van der Waals surface area contributed by atoms with Gasteiger partial charge in [-0.2, -0.15) is 5.10 Å². The van der Waals surface area contributed by atoms with Crippen molar-refractivity contribution in [1.82, 2.24) is 9.78 Å². The van der Waals surface area contributed by atoms with Crippen molar-refractivity contribution in [3.05, 3.63) is 40.0 Å². The van der Waals surface area contributed by atoms with Gasteiger partial charge in [0.05, 0.1) is 5.69 Å². The Labute approximate surface area is 107 Å². The van der Waals surface area contributed by atoms with Crippen LogP contribution in [0.3, 0.4) is 0 Å². The molecule has 0 unspecified atom stereocenters. The van der Waals surface area contributed by atoms with Crippen LogP contribution in [0.15, 0.2) is 28.7 Å². The van der Waals surface area contributed by atoms with Gasteiger partial charge in [-0.15, -0.1) is 0 Å². The third-order valence-corrected chi connectivity index (χ3v) is 3.16. The normalized spacial score (nSPS) is 10.5. The van der Waals surface area contributed by atoms with Crippen LogP contribution < -0.4 is 0 Å². The van der Waals surface area contributed by atoms with Gasteiger partial charge in [0.2, 0.25) is 0 Å². The molecule has 2 rings (SSSR count). The predicted molar refractivity (Wildman–Crippen MR) is 68.0 cm³/mol. The van der Waals surface area contributed by atoms with Gasteiger partial charge in [-0.05, 0) is 24.6 Å². The van der Waals surface area contributed by atoms with Crippen molar-refractivity contribution in [1.29, 1.82) is 0 Å². The maximum atomic E-state index is 10.8. The van der Waals surface area contributed by atoms with E-state index in [1.54, 1.807) is 17.8 Å². The molecule has 0 saturated carbocycles. The molecule has 0 spiro atoms. The summed E-state index contributed by atoms with van der Waals surface area (Å²) in [5, 5.41) is 12.8. The summed E-state index contributed by atoms with van der Waals surface area (Å²) in [4.78, 5) is 10.8. The Morgan fingerprint density at radius 2 is 2.12 bits per heavy atom. The largest absolute Gasteiger partial charge is 0.476 e. The topological polar surface area (TPSA) is 55.1 Å². The molecule has 17 heavy (non-hydrogen) atoms. The van der Waals surface area contributed by atoms with Crippen LogP contribution in [-0.4, -0.2) is 20.9 Å². The number of rotatable bonds is 2. The van der Waals surface area contributed by atoms with Gasteiger partial charge < -0.3 is 5.11 Å². The molecule has 0 atom stereocenters. The van der Waals surface area contributed by atoms with Crippen LogP contribution in [0.1, 0.15) is 16.1 Å². The second-order valence-corrected chi connectivity index (χ2v) is 4.68. The number of carbonyl (C=O) groups is 1. The van der Waals surface area contributed by atoms with E-state index in [0.29, 0.717) is 0 Å². The molecule has 5 heteroatoms. The van der Waals surface area contributed by atoms with Crippen LogP contribution in [0.2, 0.25) is 0 Å². The fraction of sp³-hybridized carbons (Fsp3) is 0.167. The van der Waals surface area contributed by atoms with E-state index >= 15 is 0 Å². The van der Waals surface area contributed by atoms with E-state index < -0.39 is 5.97 Å². The van der Waals surface area contributed by atoms with E-state index in [9.17, 15) is 4.79 Å². The number of aromatic carboxylic acids is 1. The molecule has 1 aromatic heterocycles. The number of nitrogens with zero attached hydrogens (tertiary/aromatic N) is 2. The van der Waals surface area contributed by atoms with Crippen LogP contribution in [0.4, 0.5) is 0 Å². The highest BCUT2D eigenvalue weighted by atomic mass is 79.9. The van der Waals surface area contributed by atoms with E-state index in [4.69, 9.17) is 5.11 Å². The van der Waals surface area contributed by atoms with Crippen molar-refractivity contribution in [2.45, 2.75) is 6.92 Å². The number of halogens is 1. The van der Waals surface area contributed by atoms with Crippen LogP contribution in [-0.2, 0) is 7.05 Å². The minimum Gasteiger partial charge on any atom is -0.476 e. The molecule has 0 bridgehead atoms. The highest BCUT2D eigenvalue weighted by Gasteiger charge is 2.14. The molecule has 1 N–H and O–H groups in total. The molecule has 0 saturated heterocycles. The smallest absolute Gasteiger partial charge is 0.356 e. The minimum atomic E-state index is -1.02. The Balaban J connectivity index is 2.56. The van der Waals surface area contributed by atoms with Gasteiger partial charge in [-0.25, -0.2) is 4.79 Å². The van der Waals surface area contributed by atoms with E-state index in [1.165, 1.54) is 0 Å². The number of aryl methyl sites for hydroxylation is 2. The third-order valence-electron chi connectivity index (χ3n) is 2.50. The van der Waals surface area contributed by atoms with E-state index in [2.05, 4.69) is 21.0 Å². The first-order valence-electron chi connectivity index (χ1n) is 5.03. The fourth-order valence-electron chi connectivity index (χ4n) is 1.65. The zero-order chi connectivity index (χ0) is 12.6. The minimum absolute atomic E-state index is 0.0509. The number of aromatic nitrogens is 2. The van der Waals surface area contributed by atoms with Crippen molar-refractivity contribution in [2.75, 3.05) is 0 Å². The molecule has 4 nitrogen and oxygen atoms in total. The van der Waals surface area contributed by atoms with Crippen molar-refractivity contribution in [2.24, 2.45) is 7.05 Å². The lowest BCUT2D eigenvalue weighted by Gasteiger charge is -2.05. The summed E-state index contributed by atoms with van der Waals surface area (Å²) in [5.41, 5.74) is 2.89. The van der Waals surface area contributed by atoms with Crippen LogP contribution in [0, 0.1) is 6.92 Å². The number of benzene rings is 1. The van der Waals surface area contributed by atoms with Gasteiger partial charge in [0.1, 0.15) is 0 Å². The second-order valence-electron chi connectivity index (χ2n) is 3.83. The maximum absolute atomic E-state index is 10.8. The highest BCUT2D eigenvalue weighted by Crippen LogP contribution is 2.29. The molecule has 0 aliphatic heterocycles. The van der Waals surface area contributed by atoms with E-state index in [1.807, 2.05) is 25.1 Å². The molecule has 0 radical (unpaired) electrons. The lowest BCUT2D eigenvalue weighted by Crippen LogP contribution is -1.99. The van der Waals surface area contributed by atoms with Gasteiger partial charge in [0.25, 0.3) is 0 Å². The van der Waals surface area contributed by atoms with Crippen molar-refractivity contribution in [3.8, 4) is 11.3 Å². The van der Waals surface area contributed by atoms with Gasteiger partial charge >= 0.3 is 5.97 Å². The third kappa shape index (κ3) is 2.24. The average molecular weight is 295 g/mol. The number of carboxylic acids is 1. The summed E-state index contributed by atoms with van der Waals surface area (Å²) in [5.74, 6) is -1.02. The lowest BCUT2D eigenvalue weighted by molar-refractivity contribution is 0.0689. The molecule has 88 valence electrons. The summed E-state index contributed by atoms with van der Waals surface area (Å²) in [7, 11) is 1.73. The number of hydrogen-bond donors (Lipinski definition) is 1. The van der Waals surface area contributed by atoms with Gasteiger partial charge in [0.15, 0.2) is 5.69 Å². The molecule has 0 aliphatic rings. The Bertz CT molecular complexity index is 590. The standard InChI is InChI=1S/C12H11BrN2O2/c1-7-3-4-8(9(13)5-7)11-6-10(12(16)17)14-15(11)2/h3-6H,1-2H3,(H,16,17). The van der Waals surface area contributed by atoms with Gasteiger partial charge in [0, 0.05) is 17.1 Å². The number of hydrogen-bond acceptors (Lipinski definition) is 2.